The number of fused-ring (bicyclic) bond motifs is 1. The van der Waals surface area contributed by atoms with Crippen LogP contribution in [0.5, 0.6) is 0 Å². The van der Waals surface area contributed by atoms with Gasteiger partial charge in [0.15, 0.2) is 5.16 Å². The first-order valence-electron chi connectivity index (χ1n) is 4.24. The molecule has 74 valence electrons. The van der Waals surface area contributed by atoms with Gasteiger partial charge in [0.05, 0.1) is 5.52 Å². The fraction of sp³-hybridized carbons (Fsp3) is 0.333. The number of aromatic amines is 1. The van der Waals surface area contributed by atoms with E-state index in [-0.39, 0.29) is 5.56 Å². The molecule has 0 fully saturated rings. The summed E-state index contributed by atoms with van der Waals surface area (Å²) < 4.78 is 1.85. The third-order valence-electron chi connectivity index (χ3n) is 2.30. The molecule has 5 heteroatoms. The van der Waals surface area contributed by atoms with Crippen molar-refractivity contribution in [2.75, 3.05) is 6.26 Å². The van der Waals surface area contributed by atoms with E-state index in [9.17, 15) is 4.79 Å². The van der Waals surface area contributed by atoms with Crippen LogP contribution in [-0.4, -0.2) is 20.8 Å². The van der Waals surface area contributed by atoms with Crippen molar-refractivity contribution in [1.82, 2.24) is 14.5 Å². The number of nitrogens with zero attached hydrogens (tertiary/aromatic N) is 2. The van der Waals surface area contributed by atoms with Gasteiger partial charge in [0, 0.05) is 12.7 Å². The minimum atomic E-state index is -0.0741. The predicted molar refractivity (Wildman–Crippen MR) is 57.9 cm³/mol. The number of hydrogen-bond donors (Lipinski definition) is 1. The van der Waals surface area contributed by atoms with Crippen LogP contribution in [0.2, 0.25) is 0 Å². The normalized spacial score (nSPS) is 11.1. The molecule has 14 heavy (non-hydrogen) atoms. The summed E-state index contributed by atoms with van der Waals surface area (Å²) in [5.74, 6) is 0. The molecule has 0 aliphatic rings. The first-order chi connectivity index (χ1) is 6.63. The Bertz CT molecular complexity index is 541. The van der Waals surface area contributed by atoms with Crippen LogP contribution in [0.15, 0.2) is 16.0 Å². The summed E-state index contributed by atoms with van der Waals surface area (Å²) in [7, 11) is 1.87. The van der Waals surface area contributed by atoms with Gasteiger partial charge in [-0.25, -0.2) is 4.98 Å². The lowest BCUT2D eigenvalue weighted by atomic mass is 10.4. The number of nitrogens with one attached hydrogen (secondary N) is 1. The molecule has 0 saturated carbocycles. The third kappa shape index (κ3) is 1.24. The summed E-state index contributed by atoms with van der Waals surface area (Å²) in [4.78, 5) is 18.7. The molecule has 0 unspecified atom stereocenters. The molecule has 0 bridgehead atoms. The molecule has 2 rings (SSSR count). The van der Waals surface area contributed by atoms with Crippen LogP contribution in [0.1, 0.15) is 5.69 Å². The summed E-state index contributed by atoms with van der Waals surface area (Å²) in [6.07, 6.45) is 1.89. The second-order valence-electron chi connectivity index (χ2n) is 3.15. The first-order valence-corrected chi connectivity index (χ1v) is 5.46. The van der Waals surface area contributed by atoms with E-state index in [4.69, 9.17) is 0 Å². The number of aryl methyl sites for hydroxylation is 2. The lowest BCUT2D eigenvalue weighted by Crippen LogP contribution is -2.11. The highest BCUT2D eigenvalue weighted by Gasteiger charge is 2.08. The maximum Gasteiger partial charge on any atom is 0.276 e. The largest absolute Gasteiger partial charge is 0.342 e. The van der Waals surface area contributed by atoms with Gasteiger partial charge in [-0.1, -0.05) is 11.8 Å². The highest BCUT2D eigenvalue weighted by atomic mass is 32.2. The maximum atomic E-state index is 11.7. The molecule has 0 amide bonds. The van der Waals surface area contributed by atoms with Crippen molar-refractivity contribution in [2.24, 2.45) is 7.05 Å². The highest BCUT2D eigenvalue weighted by Crippen LogP contribution is 2.14. The number of H-pyrrole nitrogens is 1. The third-order valence-corrected chi connectivity index (χ3v) is 2.88. The maximum absolute atomic E-state index is 11.7. The van der Waals surface area contributed by atoms with Crippen molar-refractivity contribution in [3.8, 4) is 0 Å². The van der Waals surface area contributed by atoms with Crippen molar-refractivity contribution in [2.45, 2.75) is 12.1 Å². The van der Waals surface area contributed by atoms with Gasteiger partial charge in [-0.05, 0) is 19.2 Å². The van der Waals surface area contributed by atoms with E-state index in [1.54, 1.807) is 0 Å². The van der Waals surface area contributed by atoms with Crippen molar-refractivity contribution >= 4 is 22.8 Å². The molecule has 1 N–H and O–H groups in total. The summed E-state index contributed by atoms with van der Waals surface area (Å²) >= 11 is 1.44. The second kappa shape index (κ2) is 3.16. The summed E-state index contributed by atoms with van der Waals surface area (Å²) in [5.41, 5.74) is 2.37. The summed E-state index contributed by atoms with van der Waals surface area (Å²) in [5, 5.41) is 0.660. The predicted octanol–water partition coefficient (Wildman–Crippen LogP) is 1.29. The molecular formula is C9H11N3OS. The molecular weight excluding hydrogens is 198 g/mol. The first kappa shape index (κ1) is 9.33. The standard InChI is InChI=1S/C9H11N3OS/c1-5-4-6-7(12(5)2)8(13)11-9(10-6)14-3/h4H,1-3H3,(H,10,11,13). The minimum Gasteiger partial charge on any atom is -0.342 e. The molecule has 4 nitrogen and oxygen atoms in total. The van der Waals surface area contributed by atoms with Crippen molar-refractivity contribution in [3.63, 3.8) is 0 Å². The number of rotatable bonds is 1. The SMILES string of the molecule is CSc1nc2cc(C)n(C)c2c(=O)[nH]1. The number of aromatic nitrogens is 3. The average molecular weight is 209 g/mol. The Labute approximate surface area is 85.4 Å². The zero-order valence-corrected chi connectivity index (χ0v) is 9.10. The van der Waals surface area contributed by atoms with Crippen LogP contribution in [0.4, 0.5) is 0 Å². The van der Waals surface area contributed by atoms with Crippen molar-refractivity contribution in [1.29, 1.82) is 0 Å². The summed E-state index contributed by atoms with van der Waals surface area (Å²) in [6.45, 7) is 1.96. The lowest BCUT2D eigenvalue weighted by molar-refractivity contribution is 0.894. The zero-order chi connectivity index (χ0) is 10.3. The van der Waals surface area contributed by atoms with E-state index < -0.39 is 0 Å². The van der Waals surface area contributed by atoms with Crippen LogP contribution < -0.4 is 5.56 Å². The number of thioether (sulfide) groups is 1. The Kier molecular flexibility index (Phi) is 2.11. The van der Waals surface area contributed by atoms with E-state index in [1.807, 2.05) is 30.9 Å². The molecule has 2 aromatic heterocycles. The topological polar surface area (TPSA) is 50.7 Å². The van der Waals surface area contributed by atoms with Crippen LogP contribution in [0.3, 0.4) is 0 Å². The Morgan fingerprint density at radius 3 is 2.93 bits per heavy atom. The van der Waals surface area contributed by atoms with Crippen LogP contribution in [0.25, 0.3) is 11.0 Å². The monoisotopic (exact) mass is 209 g/mol. The molecule has 0 aliphatic heterocycles. The van der Waals surface area contributed by atoms with Gasteiger partial charge in [-0.2, -0.15) is 0 Å². The molecule has 2 heterocycles. The van der Waals surface area contributed by atoms with E-state index in [2.05, 4.69) is 9.97 Å². The molecule has 0 aromatic carbocycles. The Hall–Kier alpha value is -1.23. The Balaban J connectivity index is 2.90. The van der Waals surface area contributed by atoms with Crippen LogP contribution in [0, 0.1) is 6.92 Å². The quantitative estimate of drug-likeness (QED) is 0.569. The smallest absolute Gasteiger partial charge is 0.276 e. The zero-order valence-electron chi connectivity index (χ0n) is 8.29. The fourth-order valence-electron chi connectivity index (χ4n) is 1.46. The Morgan fingerprint density at radius 1 is 1.57 bits per heavy atom. The molecule has 0 aliphatic carbocycles. The van der Waals surface area contributed by atoms with Crippen molar-refractivity contribution < 1.29 is 0 Å². The minimum absolute atomic E-state index is 0.0741. The molecule has 0 spiro atoms. The lowest BCUT2D eigenvalue weighted by Gasteiger charge is -1.98. The van der Waals surface area contributed by atoms with Crippen LogP contribution in [-0.2, 0) is 7.05 Å². The van der Waals surface area contributed by atoms with Gasteiger partial charge >= 0.3 is 0 Å². The fourth-order valence-corrected chi connectivity index (χ4v) is 1.84. The van der Waals surface area contributed by atoms with Crippen LogP contribution >= 0.6 is 11.8 Å². The van der Waals surface area contributed by atoms with Gasteiger partial charge in [-0.3, -0.25) is 9.78 Å². The van der Waals surface area contributed by atoms with Gasteiger partial charge in [0.2, 0.25) is 0 Å². The molecule has 2 aromatic rings. The van der Waals surface area contributed by atoms with E-state index in [1.165, 1.54) is 11.8 Å². The molecule has 0 radical (unpaired) electrons. The molecule has 0 atom stereocenters. The van der Waals surface area contributed by atoms with Gasteiger partial charge in [0.25, 0.3) is 5.56 Å². The molecule has 0 saturated heterocycles. The number of hydrogen-bond acceptors (Lipinski definition) is 3. The summed E-state index contributed by atoms with van der Waals surface area (Å²) in [6, 6.07) is 1.92. The van der Waals surface area contributed by atoms with E-state index in [0.717, 1.165) is 11.2 Å². The highest BCUT2D eigenvalue weighted by molar-refractivity contribution is 7.98. The average Bonchev–Trinajstić information content (AvgIpc) is 2.43. The van der Waals surface area contributed by atoms with Crippen molar-refractivity contribution in [3.05, 3.63) is 22.1 Å². The van der Waals surface area contributed by atoms with E-state index in [0.29, 0.717) is 10.7 Å². The van der Waals surface area contributed by atoms with Gasteiger partial charge in [-0.15, -0.1) is 0 Å². The second-order valence-corrected chi connectivity index (χ2v) is 3.95. The van der Waals surface area contributed by atoms with Gasteiger partial charge < -0.3 is 4.57 Å². The van der Waals surface area contributed by atoms with E-state index >= 15 is 0 Å². The Morgan fingerprint density at radius 2 is 2.29 bits per heavy atom. The van der Waals surface area contributed by atoms with Gasteiger partial charge in [0.1, 0.15) is 5.52 Å².